The topological polar surface area (TPSA) is 97.4 Å². The third kappa shape index (κ3) is 2.73. The zero-order valence-electron chi connectivity index (χ0n) is 13.4. The number of nitrogens with one attached hydrogen (secondary N) is 1. The van der Waals surface area contributed by atoms with Gasteiger partial charge in [-0.3, -0.25) is 9.59 Å². The number of anilines is 1. The summed E-state index contributed by atoms with van der Waals surface area (Å²) in [7, 11) is 0. The molecule has 0 saturated heterocycles. The average molecular weight is 420 g/mol. The van der Waals surface area contributed by atoms with E-state index in [9.17, 15) is 9.59 Å². The van der Waals surface area contributed by atoms with E-state index >= 15 is 0 Å². The Morgan fingerprint density at radius 3 is 2.41 bits per heavy atom. The van der Waals surface area contributed by atoms with Crippen molar-refractivity contribution in [3.05, 3.63) is 68.4 Å². The van der Waals surface area contributed by atoms with E-state index in [0.717, 1.165) is 10.8 Å². The Morgan fingerprint density at radius 1 is 1.04 bits per heavy atom. The summed E-state index contributed by atoms with van der Waals surface area (Å²) in [6.45, 7) is 0. The van der Waals surface area contributed by atoms with Crippen LogP contribution in [-0.2, 0) is 0 Å². The molecular weight excluding hydrogens is 411 g/mol. The van der Waals surface area contributed by atoms with Crippen LogP contribution in [0.2, 0.25) is 15.2 Å². The van der Waals surface area contributed by atoms with Crippen molar-refractivity contribution in [1.29, 1.82) is 0 Å². The molecule has 3 N–H and O–H groups in total. The van der Waals surface area contributed by atoms with Crippen LogP contribution in [0, 0.1) is 0 Å². The van der Waals surface area contributed by atoms with Crippen molar-refractivity contribution in [3.63, 3.8) is 0 Å². The number of hydrogen-bond donors (Lipinski definition) is 2. The number of carbonyl (C=O) groups excluding carboxylic acids is 2. The molecule has 1 aliphatic rings. The van der Waals surface area contributed by atoms with E-state index in [4.69, 9.17) is 40.5 Å². The fourth-order valence-electron chi connectivity index (χ4n) is 2.93. The summed E-state index contributed by atoms with van der Waals surface area (Å²) in [5.74, 6) is -1.05. The van der Waals surface area contributed by atoms with Gasteiger partial charge in [-0.15, -0.1) is 0 Å². The van der Waals surface area contributed by atoms with Crippen LogP contribution in [0.4, 0.5) is 5.69 Å². The first kappa shape index (κ1) is 17.7. The Labute approximate surface area is 167 Å². The van der Waals surface area contributed by atoms with Gasteiger partial charge in [0.25, 0.3) is 5.91 Å². The molecule has 9 heteroatoms. The summed E-state index contributed by atoms with van der Waals surface area (Å²) in [5.41, 5.74) is 8.99. The molecule has 0 aliphatic heterocycles. The number of benzene rings is 2. The van der Waals surface area contributed by atoms with Crippen molar-refractivity contribution < 1.29 is 9.59 Å². The molecule has 0 unspecified atom stereocenters. The zero-order chi connectivity index (χ0) is 19.3. The molecule has 1 amide bonds. The molecule has 6 nitrogen and oxygen atoms in total. The predicted octanol–water partition coefficient (Wildman–Crippen LogP) is 4.11. The Morgan fingerprint density at radius 2 is 1.70 bits per heavy atom. The number of hydrazone groups is 1. The third-order valence-electron chi connectivity index (χ3n) is 4.18. The van der Waals surface area contributed by atoms with Crippen LogP contribution in [0.5, 0.6) is 0 Å². The highest BCUT2D eigenvalue weighted by Gasteiger charge is 2.29. The summed E-state index contributed by atoms with van der Waals surface area (Å²) >= 11 is 17.7. The van der Waals surface area contributed by atoms with Crippen LogP contribution in [0.25, 0.3) is 10.8 Å². The molecule has 4 rings (SSSR count). The Balaban J connectivity index is 1.72. The van der Waals surface area contributed by atoms with Crippen LogP contribution in [0.1, 0.15) is 26.4 Å². The summed E-state index contributed by atoms with van der Waals surface area (Å²) in [6, 6.07) is 10.9. The van der Waals surface area contributed by atoms with Crippen LogP contribution >= 0.6 is 34.8 Å². The average Bonchev–Trinajstić information content (AvgIpc) is 2.95. The number of nitrogens with zero attached hydrogens (tertiary/aromatic N) is 2. The van der Waals surface area contributed by atoms with Gasteiger partial charge in [-0.05, 0) is 5.39 Å². The SMILES string of the molecule is Nc1c(Cl)c(Cl)nc(C(=O)N/N=C2/C(=O)c3cccc4cccc2c34)c1Cl. The van der Waals surface area contributed by atoms with Gasteiger partial charge in [-0.25, -0.2) is 10.4 Å². The van der Waals surface area contributed by atoms with E-state index in [-0.39, 0.29) is 38.1 Å². The first-order valence-electron chi connectivity index (χ1n) is 7.65. The molecule has 134 valence electrons. The lowest BCUT2D eigenvalue weighted by atomic mass is 10.1. The van der Waals surface area contributed by atoms with Crippen molar-refractivity contribution in [2.75, 3.05) is 5.73 Å². The number of Topliss-reactive ketones (excluding diaryl/α,β-unsaturated/α-hetero) is 1. The minimum absolute atomic E-state index is 0.0439. The second-order valence-electron chi connectivity index (χ2n) is 5.73. The molecule has 1 aliphatic carbocycles. The lowest BCUT2D eigenvalue weighted by molar-refractivity contribution is 0.0950. The van der Waals surface area contributed by atoms with Crippen molar-refractivity contribution in [2.24, 2.45) is 5.10 Å². The molecule has 0 fully saturated rings. The largest absolute Gasteiger partial charge is 0.396 e. The van der Waals surface area contributed by atoms with Gasteiger partial charge in [-0.2, -0.15) is 5.10 Å². The fourth-order valence-corrected chi connectivity index (χ4v) is 3.52. The van der Waals surface area contributed by atoms with E-state index in [0.29, 0.717) is 11.1 Å². The normalized spacial score (nSPS) is 14.2. The van der Waals surface area contributed by atoms with E-state index < -0.39 is 5.91 Å². The Hall–Kier alpha value is -2.67. The maximum Gasteiger partial charge on any atom is 0.291 e. The molecule has 3 aromatic rings. The molecule has 2 aromatic carbocycles. The van der Waals surface area contributed by atoms with E-state index in [1.165, 1.54) is 0 Å². The second-order valence-corrected chi connectivity index (χ2v) is 6.85. The van der Waals surface area contributed by atoms with Gasteiger partial charge >= 0.3 is 0 Å². The molecule has 0 radical (unpaired) electrons. The number of nitrogen functional groups attached to an aromatic ring is 1. The van der Waals surface area contributed by atoms with Crippen LogP contribution in [0.15, 0.2) is 41.5 Å². The lowest BCUT2D eigenvalue weighted by Crippen LogP contribution is -2.23. The number of nitrogens with two attached hydrogens (primary N) is 1. The number of pyridine rings is 1. The van der Waals surface area contributed by atoms with E-state index in [2.05, 4.69) is 15.5 Å². The number of carbonyl (C=O) groups is 2. The lowest BCUT2D eigenvalue weighted by Gasteiger charge is -2.08. The molecule has 0 saturated carbocycles. The second kappa shape index (κ2) is 6.49. The number of hydrogen-bond acceptors (Lipinski definition) is 5. The molecule has 0 atom stereocenters. The Bertz CT molecular complexity index is 1190. The number of amides is 1. The number of aromatic nitrogens is 1. The fraction of sp³-hybridized carbons (Fsp3) is 0. The molecule has 0 bridgehead atoms. The number of halogens is 3. The highest BCUT2D eigenvalue weighted by Crippen LogP contribution is 2.34. The maximum absolute atomic E-state index is 12.7. The summed E-state index contributed by atoms with van der Waals surface area (Å²) in [6.07, 6.45) is 0. The summed E-state index contributed by atoms with van der Waals surface area (Å²) < 4.78 is 0. The van der Waals surface area contributed by atoms with Crippen molar-refractivity contribution in [2.45, 2.75) is 0 Å². The molecular formula is C18H9Cl3N4O2. The van der Waals surface area contributed by atoms with Gasteiger partial charge in [0.05, 0.1) is 10.7 Å². The van der Waals surface area contributed by atoms with Gasteiger partial charge in [0.15, 0.2) is 10.8 Å². The molecule has 27 heavy (non-hydrogen) atoms. The number of rotatable bonds is 2. The van der Waals surface area contributed by atoms with Crippen molar-refractivity contribution in [3.8, 4) is 0 Å². The van der Waals surface area contributed by atoms with Crippen LogP contribution in [0.3, 0.4) is 0 Å². The predicted molar refractivity (Wildman–Crippen MR) is 106 cm³/mol. The minimum atomic E-state index is -0.770. The molecule has 1 heterocycles. The highest BCUT2D eigenvalue weighted by molar-refractivity contribution is 6.59. The highest BCUT2D eigenvalue weighted by atomic mass is 35.5. The maximum atomic E-state index is 12.7. The van der Waals surface area contributed by atoms with E-state index in [1.807, 2.05) is 18.2 Å². The van der Waals surface area contributed by atoms with Crippen LogP contribution in [-0.4, -0.2) is 22.4 Å². The minimum Gasteiger partial charge on any atom is -0.396 e. The monoisotopic (exact) mass is 418 g/mol. The quantitative estimate of drug-likeness (QED) is 0.482. The smallest absolute Gasteiger partial charge is 0.291 e. The standard InChI is InChI=1S/C18H9Cl3N4O2/c19-11-13(22)12(20)17(21)23-15(11)18(27)25-24-14-8-5-1-3-7-4-2-6-9(10(7)8)16(14)26/h1-6H,(H2,22,23)(H,25,27)/b24-14+. The van der Waals surface area contributed by atoms with Crippen molar-refractivity contribution in [1.82, 2.24) is 10.4 Å². The first-order chi connectivity index (χ1) is 12.9. The zero-order valence-corrected chi connectivity index (χ0v) is 15.7. The third-order valence-corrected chi connectivity index (χ3v) is 5.31. The molecule has 0 spiro atoms. The van der Waals surface area contributed by atoms with Gasteiger partial charge in [0.2, 0.25) is 5.78 Å². The van der Waals surface area contributed by atoms with Gasteiger partial charge in [0.1, 0.15) is 10.7 Å². The van der Waals surface area contributed by atoms with Gasteiger partial charge in [0, 0.05) is 16.5 Å². The molecule has 1 aromatic heterocycles. The first-order valence-corrected chi connectivity index (χ1v) is 8.78. The summed E-state index contributed by atoms with van der Waals surface area (Å²) in [5, 5.41) is 5.35. The van der Waals surface area contributed by atoms with E-state index in [1.54, 1.807) is 18.2 Å². The Kier molecular flexibility index (Phi) is 4.26. The number of ketones is 1. The summed E-state index contributed by atoms with van der Waals surface area (Å²) in [4.78, 5) is 28.9. The van der Waals surface area contributed by atoms with Gasteiger partial charge < -0.3 is 5.73 Å². The van der Waals surface area contributed by atoms with Crippen molar-refractivity contribution >= 4 is 68.7 Å². The van der Waals surface area contributed by atoms with Crippen LogP contribution < -0.4 is 11.2 Å². The van der Waals surface area contributed by atoms with Gasteiger partial charge in [-0.1, -0.05) is 71.2 Å².